The highest BCUT2D eigenvalue weighted by atomic mass is 79.9. The largest absolute Gasteiger partial charge is 0.483 e. The molecule has 0 aliphatic heterocycles. The standard InChI is InChI=1S/C31H35BrN2O3/c1-22-15-16-29(23(2)17-22)37-21-30(35)34(20-25-11-8-12-26(32)18-25)28(19-24-9-4-3-5-10-24)31(36)33-27-13-6-7-14-27/h3-5,8-12,15-18,27-28H,6-7,13-14,19-21H2,1-2H3,(H,33,36)/t28-/m0/s1. The Morgan fingerprint density at radius 2 is 1.70 bits per heavy atom. The molecule has 0 saturated heterocycles. The predicted molar refractivity (Wildman–Crippen MR) is 150 cm³/mol. The van der Waals surface area contributed by atoms with Gasteiger partial charge < -0.3 is 15.0 Å². The quantitative estimate of drug-likeness (QED) is 0.322. The minimum atomic E-state index is -0.655. The zero-order chi connectivity index (χ0) is 26.2. The fraction of sp³-hybridized carbons (Fsp3) is 0.355. The molecular formula is C31H35BrN2O3. The Kier molecular flexibility index (Phi) is 9.40. The molecule has 1 fully saturated rings. The lowest BCUT2D eigenvalue weighted by molar-refractivity contribution is -0.143. The van der Waals surface area contributed by atoms with Crippen molar-refractivity contribution in [1.29, 1.82) is 0 Å². The number of carbonyl (C=O) groups excluding carboxylic acids is 2. The second kappa shape index (κ2) is 12.9. The maximum atomic E-state index is 13.8. The lowest BCUT2D eigenvalue weighted by Gasteiger charge is -2.32. The van der Waals surface area contributed by atoms with E-state index in [4.69, 9.17) is 4.74 Å². The van der Waals surface area contributed by atoms with Crippen LogP contribution < -0.4 is 10.1 Å². The van der Waals surface area contributed by atoms with Crippen molar-refractivity contribution in [1.82, 2.24) is 10.2 Å². The molecule has 37 heavy (non-hydrogen) atoms. The Balaban J connectivity index is 1.62. The van der Waals surface area contributed by atoms with E-state index in [9.17, 15) is 9.59 Å². The zero-order valence-corrected chi connectivity index (χ0v) is 23.2. The van der Waals surface area contributed by atoms with Crippen LogP contribution in [0, 0.1) is 13.8 Å². The zero-order valence-electron chi connectivity index (χ0n) is 21.6. The molecule has 0 unspecified atom stereocenters. The maximum absolute atomic E-state index is 13.8. The third-order valence-electron chi connectivity index (χ3n) is 6.90. The number of hydrogen-bond acceptors (Lipinski definition) is 3. The van der Waals surface area contributed by atoms with Crippen molar-refractivity contribution >= 4 is 27.7 Å². The van der Waals surface area contributed by atoms with Crippen LogP contribution in [-0.4, -0.2) is 35.4 Å². The van der Waals surface area contributed by atoms with Gasteiger partial charge in [0.15, 0.2) is 6.61 Å². The third-order valence-corrected chi connectivity index (χ3v) is 7.39. The van der Waals surface area contributed by atoms with Gasteiger partial charge in [-0.3, -0.25) is 9.59 Å². The predicted octanol–water partition coefficient (Wildman–Crippen LogP) is 6.14. The highest BCUT2D eigenvalue weighted by Gasteiger charge is 2.32. The molecule has 4 rings (SSSR count). The summed E-state index contributed by atoms with van der Waals surface area (Å²) in [7, 11) is 0. The van der Waals surface area contributed by atoms with Crippen molar-refractivity contribution in [2.24, 2.45) is 0 Å². The highest BCUT2D eigenvalue weighted by molar-refractivity contribution is 9.10. The Bertz CT molecular complexity index is 1210. The molecule has 5 nitrogen and oxygen atoms in total. The van der Waals surface area contributed by atoms with E-state index in [1.165, 1.54) is 0 Å². The summed E-state index contributed by atoms with van der Waals surface area (Å²) in [5.41, 5.74) is 4.07. The minimum Gasteiger partial charge on any atom is -0.483 e. The number of ether oxygens (including phenoxy) is 1. The van der Waals surface area contributed by atoms with Crippen molar-refractivity contribution in [3.63, 3.8) is 0 Å². The van der Waals surface area contributed by atoms with Crippen LogP contribution in [0.2, 0.25) is 0 Å². The van der Waals surface area contributed by atoms with E-state index in [2.05, 4.69) is 21.2 Å². The Labute approximate surface area is 228 Å². The van der Waals surface area contributed by atoms with Crippen molar-refractivity contribution < 1.29 is 14.3 Å². The Morgan fingerprint density at radius 3 is 2.41 bits per heavy atom. The van der Waals surface area contributed by atoms with Crippen LogP contribution in [0.25, 0.3) is 0 Å². The molecule has 0 aromatic heterocycles. The molecule has 3 aromatic carbocycles. The summed E-state index contributed by atoms with van der Waals surface area (Å²) in [6, 6.07) is 23.2. The van der Waals surface area contributed by atoms with E-state index in [1.54, 1.807) is 4.90 Å². The lowest BCUT2D eigenvalue weighted by Crippen LogP contribution is -2.53. The molecule has 3 aromatic rings. The van der Waals surface area contributed by atoms with Crippen molar-refractivity contribution in [2.45, 2.75) is 64.6 Å². The molecule has 194 valence electrons. The normalized spacial score (nSPS) is 14.2. The molecule has 1 aliphatic rings. The minimum absolute atomic E-state index is 0.106. The molecule has 1 N–H and O–H groups in total. The first kappa shape index (κ1) is 26.9. The first-order valence-electron chi connectivity index (χ1n) is 13.0. The summed E-state index contributed by atoms with van der Waals surface area (Å²) in [5, 5.41) is 3.24. The summed E-state index contributed by atoms with van der Waals surface area (Å²) < 4.78 is 6.91. The van der Waals surface area contributed by atoms with Crippen LogP contribution in [0.3, 0.4) is 0 Å². The van der Waals surface area contributed by atoms with Gasteiger partial charge in [0.1, 0.15) is 11.8 Å². The van der Waals surface area contributed by atoms with Crippen LogP contribution in [0.15, 0.2) is 77.3 Å². The van der Waals surface area contributed by atoms with Gasteiger partial charge in [0, 0.05) is 23.5 Å². The van der Waals surface area contributed by atoms with Gasteiger partial charge in [-0.1, -0.05) is 88.9 Å². The van der Waals surface area contributed by atoms with Crippen molar-refractivity contribution in [3.05, 3.63) is 99.5 Å². The molecule has 1 atom stereocenters. The monoisotopic (exact) mass is 562 g/mol. The van der Waals surface area contributed by atoms with Gasteiger partial charge in [-0.25, -0.2) is 0 Å². The SMILES string of the molecule is Cc1ccc(OCC(=O)N(Cc2cccc(Br)c2)[C@@H](Cc2ccccc2)C(=O)NC2CCCC2)c(C)c1. The van der Waals surface area contributed by atoms with Gasteiger partial charge in [-0.15, -0.1) is 0 Å². The van der Waals surface area contributed by atoms with Gasteiger partial charge in [0.2, 0.25) is 5.91 Å². The number of rotatable bonds is 10. The summed E-state index contributed by atoms with van der Waals surface area (Å²) >= 11 is 3.53. The van der Waals surface area contributed by atoms with E-state index in [1.807, 2.05) is 86.6 Å². The topological polar surface area (TPSA) is 58.6 Å². The Hall–Kier alpha value is -3.12. The first-order chi connectivity index (χ1) is 17.9. The highest BCUT2D eigenvalue weighted by Crippen LogP contribution is 2.22. The fourth-order valence-corrected chi connectivity index (χ4v) is 5.38. The summed E-state index contributed by atoms with van der Waals surface area (Å²) in [5.74, 6) is 0.351. The van der Waals surface area contributed by atoms with Gasteiger partial charge in [0.25, 0.3) is 5.91 Å². The summed E-state index contributed by atoms with van der Waals surface area (Å²) in [6.45, 7) is 4.17. The van der Waals surface area contributed by atoms with E-state index < -0.39 is 6.04 Å². The summed E-state index contributed by atoms with van der Waals surface area (Å²) in [4.78, 5) is 29.2. The number of carbonyl (C=O) groups is 2. The Morgan fingerprint density at radius 1 is 0.973 bits per heavy atom. The van der Waals surface area contributed by atoms with Gasteiger partial charge in [-0.05, 0) is 61.6 Å². The van der Waals surface area contributed by atoms with Gasteiger partial charge in [0.05, 0.1) is 0 Å². The number of hydrogen-bond donors (Lipinski definition) is 1. The van der Waals surface area contributed by atoms with E-state index in [-0.39, 0.29) is 24.5 Å². The molecule has 0 bridgehead atoms. The molecule has 1 aliphatic carbocycles. The van der Waals surface area contributed by atoms with Crippen LogP contribution in [0.4, 0.5) is 0 Å². The van der Waals surface area contributed by atoms with E-state index >= 15 is 0 Å². The third kappa shape index (κ3) is 7.68. The van der Waals surface area contributed by atoms with Crippen LogP contribution in [-0.2, 0) is 22.6 Å². The molecule has 2 amide bonds. The number of aryl methyl sites for hydroxylation is 2. The number of amides is 2. The maximum Gasteiger partial charge on any atom is 0.261 e. The van der Waals surface area contributed by atoms with Crippen molar-refractivity contribution in [3.8, 4) is 5.75 Å². The van der Waals surface area contributed by atoms with E-state index in [0.29, 0.717) is 18.7 Å². The van der Waals surface area contributed by atoms with Crippen molar-refractivity contribution in [2.75, 3.05) is 6.61 Å². The first-order valence-corrected chi connectivity index (χ1v) is 13.8. The second-order valence-electron chi connectivity index (χ2n) is 9.90. The summed E-state index contributed by atoms with van der Waals surface area (Å²) in [6.07, 6.45) is 4.65. The van der Waals surface area contributed by atoms with Crippen LogP contribution in [0.5, 0.6) is 5.75 Å². The van der Waals surface area contributed by atoms with Crippen LogP contribution in [0.1, 0.15) is 47.9 Å². The van der Waals surface area contributed by atoms with Gasteiger partial charge >= 0.3 is 0 Å². The number of nitrogens with zero attached hydrogens (tertiary/aromatic N) is 1. The van der Waals surface area contributed by atoms with E-state index in [0.717, 1.165) is 52.4 Å². The molecule has 1 saturated carbocycles. The molecule has 0 heterocycles. The molecule has 0 spiro atoms. The smallest absolute Gasteiger partial charge is 0.261 e. The van der Waals surface area contributed by atoms with Gasteiger partial charge in [-0.2, -0.15) is 0 Å². The molecule has 0 radical (unpaired) electrons. The lowest BCUT2D eigenvalue weighted by atomic mass is 10.0. The number of benzene rings is 3. The fourth-order valence-electron chi connectivity index (χ4n) is 4.94. The number of halogens is 1. The second-order valence-corrected chi connectivity index (χ2v) is 10.8. The average molecular weight is 564 g/mol. The number of nitrogens with one attached hydrogen (secondary N) is 1. The molecular weight excluding hydrogens is 528 g/mol. The average Bonchev–Trinajstić information content (AvgIpc) is 3.39. The van der Waals surface area contributed by atoms with Crippen LogP contribution >= 0.6 is 15.9 Å². The molecule has 6 heteroatoms.